The first-order valence-electron chi connectivity index (χ1n) is 6.50. The van der Waals surface area contributed by atoms with E-state index in [1.54, 1.807) is 0 Å². The minimum absolute atomic E-state index is 0.0418. The van der Waals surface area contributed by atoms with Crippen LogP contribution in [-0.4, -0.2) is 30.7 Å². The van der Waals surface area contributed by atoms with E-state index in [9.17, 15) is 4.79 Å². The molecule has 0 unspecified atom stereocenters. The highest BCUT2D eigenvalue weighted by atomic mass is 32.1. The number of thiocarbonyl (C=S) groups is 1. The van der Waals surface area contributed by atoms with Crippen LogP contribution >= 0.6 is 12.2 Å². The lowest BCUT2D eigenvalue weighted by Crippen LogP contribution is -2.53. The molecule has 104 valence electrons. The zero-order chi connectivity index (χ0) is 13.8. The van der Waals surface area contributed by atoms with Crippen molar-refractivity contribution < 1.29 is 9.53 Å². The number of rotatable bonds is 5. The van der Waals surface area contributed by atoms with Crippen LogP contribution in [0.1, 0.15) is 40.0 Å². The van der Waals surface area contributed by atoms with Gasteiger partial charge in [0, 0.05) is 19.8 Å². The van der Waals surface area contributed by atoms with Crippen LogP contribution in [-0.2, 0) is 9.53 Å². The second kappa shape index (κ2) is 5.97. The highest BCUT2D eigenvalue weighted by Gasteiger charge is 2.43. The standard InChI is InChI=1S/C13H24N2O2S/c1-4-12(2,3)9-15-11(16)13(10(14)18)5-7-17-8-6-13/h4-9H2,1-3H3,(H2,14,18)(H,15,16). The highest BCUT2D eigenvalue weighted by Crippen LogP contribution is 2.31. The molecule has 18 heavy (non-hydrogen) atoms. The first kappa shape index (κ1) is 15.4. The van der Waals surface area contributed by atoms with E-state index in [1.807, 2.05) is 0 Å². The molecular weight excluding hydrogens is 248 g/mol. The number of hydrogen-bond donors (Lipinski definition) is 2. The molecule has 0 aliphatic carbocycles. The Hall–Kier alpha value is -0.680. The number of carbonyl (C=O) groups is 1. The summed E-state index contributed by atoms with van der Waals surface area (Å²) in [5.41, 5.74) is 5.17. The van der Waals surface area contributed by atoms with Gasteiger partial charge in [0.15, 0.2) is 0 Å². The third-order valence-electron chi connectivity index (χ3n) is 3.94. The van der Waals surface area contributed by atoms with Gasteiger partial charge in [-0.25, -0.2) is 0 Å². The Balaban J connectivity index is 2.69. The molecule has 0 spiro atoms. The van der Waals surface area contributed by atoms with Gasteiger partial charge in [-0.3, -0.25) is 4.79 Å². The normalized spacial score (nSPS) is 19.3. The summed E-state index contributed by atoms with van der Waals surface area (Å²) >= 11 is 5.10. The molecule has 0 aromatic heterocycles. The van der Waals surface area contributed by atoms with Crippen molar-refractivity contribution in [2.45, 2.75) is 40.0 Å². The summed E-state index contributed by atoms with van der Waals surface area (Å²) < 4.78 is 5.30. The molecule has 0 aromatic rings. The highest BCUT2D eigenvalue weighted by molar-refractivity contribution is 7.80. The van der Waals surface area contributed by atoms with Crippen molar-refractivity contribution in [3.63, 3.8) is 0 Å². The lowest BCUT2D eigenvalue weighted by molar-refractivity contribution is -0.131. The van der Waals surface area contributed by atoms with Crippen LogP contribution in [0, 0.1) is 10.8 Å². The molecule has 1 fully saturated rings. The summed E-state index contributed by atoms with van der Waals surface area (Å²) in [6, 6.07) is 0. The topological polar surface area (TPSA) is 64.4 Å². The second-order valence-electron chi connectivity index (χ2n) is 5.76. The molecule has 1 amide bonds. The van der Waals surface area contributed by atoms with Crippen molar-refractivity contribution >= 4 is 23.1 Å². The molecule has 0 radical (unpaired) electrons. The van der Waals surface area contributed by atoms with E-state index in [0.717, 1.165) is 6.42 Å². The van der Waals surface area contributed by atoms with Crippen LogP contribution in [0.5, 0.6) is 0 Å². The number of carbonyl (C=O) groups excluding carboxylic acids is 1. The molecule has 1 rings (SSSR count). The number of nitrogens with two attached hydrogens (primary N) is 1. The predicted octanol–water partition coefficient (Wildman–Crippen LogP) is 1.62. The minimum Gasteiger partial charge on any atom is -0.392 e. The Labute approximate surface area is 115 Å². The van der Waals surface area contributed by atoms with E-state index in [-0.39, 0.29) is 16.3 Å². The van der Waals surface area contributed by atoms with E-state index >= 15 is 0 Å². The molecule has 1 aliphatic rings. The monoisotopic (exact) mass is 272 g/mol. The van der Waals surface area contributed by atoms with Crippen LogP contribution < -0.4 is 11.1 Å². The molecule has 5 heteroatoms. The van der Waals surface area contributed by atoms with E-state index in [0.29, 0.717) is 32.6 Å². The fourth-order valence-corrected chi connectivity index (χ4v) is 2.22. The average molecular weight is 272 g/mol. The molecule has 0 aromatic carbocycles. The first-order chi connectivity index (χ1) is 8.34. The van der Waals surface area contributed by atoms with E-state index in [2.05, 4.69) is 26.1 Å². The van der Waals surface area contributed by atoms with E-state index in [1.165, 1.54) is 0 Å². The quantitative estimate of drug-likeness (QED) is 0.747. The summed E-state index contributed by atoms with van der Waals surface area (Å²) in [6.45, 7) is 8.11. The van der Waals surface area contributed by atoms with Gasteiger partial charge >= 0.3 is 0 Å². The van der Waals surface area contributed by atoms with Crippen LogP contribution in [0.2, 0.25) is 0 Å². The molecule has 4 nitrogen and oxygen atoms in total. The van der Waals surface area contributed by atoms with Gasteiger partial charge in [-0.05, 0) is 24.7 Å². The lowest BCUT2D eigenvalue weighted by Gasteiger charge is -2.35. The Morgan fingerprint density at radius 3 is 2.44 bits per heavy atom. The predicted molar refractivity (Wildman–Crippen MR) is 76.4 cm³/mol. The maximum Gasteiger partial charge on any atom is 0.233 e. The third kappa shape index (κ3) is 3.42. The Morgan fingerprint density at radius 1 is 1.44 bits per heavy atom. The summed E-state index contributed by atoms with van der Waals surface area (Å²) in [5.74, 6) is -0.0418. The fraction of sp³-hybridized carbons (Fsp3) is 0.846. The van der Waals surface area contributed by atoms with Crippen molar-refractivity contribution in [2.75, 3.05) is 19.8 Å². The van der Waals surface area contributed by atoms with Gasteiger partial charge in [-0.15, -0.1) is 0 Å². The van der Waals surface area contributed by atoms with Crippen molar-refractivity contribution in [3.8, 4) is 0 Å². The smallest absolute Gasteiger partial charge is 0.233 e. The maximum absolute atomic E-state index is 12.4. The maximum atomic E-state index is 12.4. The molecule has 0 bridgehead atoms. The first-order valence-corrected chi connectivity index (χ1v) is 6.91. The Bertz CT molecular complexity index is 323. The summed E-state index contributed by atoms with van der Waals surface area (Å²) in [6.07, 6.45) is 2.18. The summed E-state index contributed by atoms with van der Waals surface area (Å²) in [7, 11) is 0. The van der Waals surface area contributed by atoms with Gasteiger partial charge in [0.1, 0.15) is 5.41 Å². The molecule has 3 N–H and O–H groups in total. The molecule has 1 aliphatic heterocycles. The number of nitrogens with one attached hydrogen (secondary N) is 1. The molecule has 0 saturated carbocycles. The summed E-state index contributed by atoms with van der Waals surface area (Å²) in [4.78, 5) is 12.7. The van der Waals surface area contributed by atoms with Crippen LogP contribution in [0.3, 0.4) is 0 Å². The SMILES string of the molecule is CCC(C)(C)CNC(=O)C1(C(N)=S)CCOCC1. The van der Waals surface area contributed by atoms with Gasteiger partial charge in [0.2, 0.25) is 5.91 Å². The lowest BCUT2D eigenvalue weighted by atomic mass is 9.78. The molecule has 1 heterocycles. The van der Waals surface area contributed by atoms with Gasteiger partial charge < -0.3 is 15.8 Å². The largest absolute Gasteiger partial charge is 0.392 e. The van der Waals surface area contributed by atoms with Crippen molar-refractivity contribution in [1.82, 2.24) is 5.32 Å². The van der Waals surface area contributed by atoms with Gasteiger partial charge in [0.25, 0.3) is 0 Å². The van der Waals surface area contributed by atoms with E-state index in [4.69, 9.17) is 22.7 Å². The van der Waals surface area contributed by atoms with E-state index < -0.39 is 5.41 Å². The molecule has 1 saturated heterocycles. The average Bonchev–Trinajstić information content (AvgIpc) is 2.36. The second-order valence-corrected chi connectivity index (χ2v) is 6.20. The van der Waals surface area contributed by atoms with Crippen LogP contribution in [0.25, 0.3) is 0 Å². The summed E-state index contributed by atoms with van der Waals surface area (Å²) in [5, 5.41) is 3.00. The number of amides is 1. The Morgan fingerprint density at radius 2 is 2.00 bits per heavy atom. The molecule has 0 atom stereocenters. The van der Waals surface area contributed by atoms with Crippen molar-refractivity contribution in [1.29, 1.82) is 0 Å². The fourth-order valence-electron chi connectivity index (χ4n) is 1.92. The third-order valence-corrected chi connectivity index (χ3v) is 4.33. The van der Waals surface area contributed by atoms with Gasteiger partial charge in [-0.2, -0.15) is 0 Å². The van der Waals surface area contributed by atoms with Gasteiger partial charge in [0.05, 0.1) is 4.99 Å². The van der Waals surface area contributed by atoms with Gasteiger partial charge in [-0.1, -0.05) is 33.0 Å². The van der Waals surface area contributed by atoms with Crippen molar-refractivity contribution in [2.24, 2.45) is 16.6 Å². The Kier molecular flexibility index (Phi) is 5.10. The van der Waals surface area contributed by atoms with Crippen LogP contribution in [0.4, 0.5) is 0 Å². The van der Waals surface area contributed by atoms with Crippen molar-refractivity contribution in [3.05, 3.63) is 0 Å². The molecular formula is C13H24N2O2S. The van der Waals surface area contributed by atoms with Crippen LogP contribution in [0.15, 0.2) is 0 Å². The number of ether oxygens (including phenoxy) is 1. The minimum atomic E-state index is -0.711. The zero-order valence-corrected chi connectivity index (χ0v) is 12.4. The zero-order valence-electron chi connectivity index (χ0n) is 11.5. The number of hydrogen-bond acceptors (Lipinski definition) is 3.